The van der Waals surface area contributed by atoms with Crippen LogP contribution in [0.25, 0.3) is 10.9 Å². The van der Waals surface area contributed by atoms with Crippen LogP contribution in [0.2, 0.25) is 0 Å². The van der Waals surface area contributed by atoms with Crippen molar-refractivity contribution < 1.29 is 14.7 Å². The lowest BCUT2D eigenvalue weighted by Crippen LogP contribution is -2.55. The first kappa shape index (κ1) is 18.1. The van der Waals surface area contributed by atoms with E-state index < -0.39 is 12.1 Å². The minimum Gasteiger partial charge on any atom is -0.389 e. The van der Waals surface area contributed by atoms with Gasteiger partial charge in [0.2, 0.25) is 0 Å². The van der Waals surface area contributed by atoms with E-state index in [1.54, 1.807) is 35.4 Å². The van der Waals surface area contributed by atoms with E-state index in [4.69, 9.17) is 0 Å². The van der Waals surface area contributed by atoms with Crippen molar-refractivity contribution in [3.05, 3.63) is 72.2 Å². The summed E-state index contributed by atoms with van der Waals surface area (Å²) in [6.45, 7) is 0.587. The predicted molar refractivity (Wildman–Crippen MR) is 104 cm³/mol. The molecule has 7 heteroatoms. The number of aliphatic hydroxyl groups excluding tert-OH is 1. The Morgan fingerprint density at radius 3 is 2.71 bits per heavy atom. The van der Waals surface area contributed by atoms with Gasteiger partial charge in [0.05, 0.1) is 23.2 Å². The second-order valence-electron chi connectivity index (χ2n) is 6.82. The number of rotatable bonds is 3. The molecule has 2 N–H and O–H groups in total. The summed E-state index contributed by atoms with van der Waals surface area (Å²) in [6.07, 6.45) is 2.71. The highest BCUT2D eigenvalue weighted by Crippen LogP contribution is 2.16. The zero-order valence-electron chi connectivity index (χ0n) is 15.2. The summed E-state index contributed by atoms with van der Waals surface area (Å²) in [7, 11) is 0. The number of amides is 2. The Bertz CT molecular complexity index is 1010. The van der Waals surface area contributed by atoms with Gasteiger partial charge in [0.25, 0.3) is 11.8 Å². The number of pyridine rings is 2. The fourth-order valence-corrected chi connectivity index (χ4v) is 3.38. The number of aliphatic hydroxyl groups is 1. The molecular weight excluding hydrogens is 356 g/mol. The Morgan fingerprint density at radius 2 is 1.93 bits per heavy atom. The zero-order chi connectivity index (χ0) is 19.5. The molecule has 1 aromatic carbocycles. The van der Waals surface area contributed by atoms with Crippen LogP contribution in [0.15, 0.2) is 60.9 Å². The van der Waals surface area contributed by atoms with Crippen molar-refractivity contribution in [2.45, 2.75) is 18.6 Å². The van der Waals surface area contributed by atoms with Crippen LogP contribution in [0.4, 0.5) is 0 Å². The third-order valence-electron chi connectivity index (χ3n) is 4.92. The van der Waals surface area contributed by atoms with Gasteiger partial charge in [0, 0.05) is 30.9 Å². The molecular formula is C21H20N4O3. The van der Waals surface area contributed by atoms with Crippen molar-refractivity contribution in [3.63, 3.8) is 0 Å². The van der Waals surface area contributed by atoms with Gasteiger partial charge in [-0.05, 0) is 30.7 Å². The van der Waals surface area contributed by atoms with Crippen LogP contribution in [0.5, 0.6) is 0 Å². The molecule has 0 bridgehead atoms. The second kappa shape index (κ2) is 7.74. The summed E-state index contributed by atoms with van der Waals surface area (Å²) in [4.78, 5) is 35.0. The van der Waals surface area contributed by atoms with Gasteiger partial charge in [-0.3, -0.25) is 19.6 Å². The summed E-state index contributed by atoms with van der Waals surface area (Å²) in [5.41, 5.74) is 1.61. The van der Waals surface area contributed by atoms with E-state index in [1.165, 1.54) is 6.20 Å². The maximum Gasteiger partial charge on any atom is 0.272 e. The average Bonchev–Trinajstić information content (AvgIpc) is 2.74. The number of hydrogen-bond acceptors (Lipinski definition) is 5. The molecule has 1 aliphatic heterocycles. The normalized spacial score (nSPS) is 19.4. The fourth-order valence-electron chi connectivity index (χ4n) is 3.38. The van der Waals surface area contributed by atoms with Gasteiger partial charge >= 0.3 is 0 Å². The molecule has 3 heterocycles. The minimum atomic E-state index is -0.848. The SMILES string of the molecule is O=C(N[C@@H]1CCN(C(=O)c2ccccn2)C[C@H]1O)c1cnc2ccccc2c1. The van der Waals surface area contributed by atoms with Crippen LogP contribution in [-0.4, -0.2) is 57.0 Å². The molecule has 0 radical (unpaired) electrons. The van der Waals surface area contributed by atoms with Crippen molar-refractivity contribution in [2.24, 2.45) is 0 Å². The number of para-hydroxylation sites is 1. The van der Waals surface area contributed by atoms with Crippen molar-refractivity contribution in [3.8, 4) is 0 Å². The van der Waals surface area contributed by atoms with Gasteiger partial charge in [-0.1, -0.05) is 24.3 Å². The lowest BCUT2D eigenvalue weighted by Gasteiger charge is -2.36. The Labute approximate surface area is 162 Å². The summed E-state index contributed by atoms with van der Waals surface area (Å²) < 4.78 is 0. The van der Waals surface area contributed by atoms with E-state index in [0.717, 1.165) is 10.9 Å². The van der Waals surface area contributed by atoms with Crippen LogP contribution >= 0.6 is 0 Å². The third-order valence-corrected chi connectivity index (χ3v) is 4.92. The first-order chi connectivity index (χ1) is 13.6. The van der Waals surface area contributed by atoms with E-state index in [2.05, 4.69) is 15.3 Å². The summed E-state index contributed by atoms with van der Waals surface area (Å²) >= 11 is 0. The van der Waals surface area contributed by atoms with Gasteiger partial charge < -0.3 is 15.3 Å². The maximum atomic E-state index is 12.6. The van der Waals surface area contributed by atoms with Crippen molar-refractivity contribution >= 4 is 22.7 Å². The molecule has 28 heavy (non-hydrogen) atoms. The third kappa shape index (κ3) is 3.70. The number of piperidine rings is 1. The van der Waals surface area contributed by atoms with Gasteiger partial charge in [0.1, 0.15) is 5.69 Å². The molecule has 4 rings (SSSR count). The van der Waals surface area contributed by atoms with Gasteiger partial charge in [-0.2, -0.15) is 0 Å². The topological polar surface area (TPSA) is 95.4 Å². The van der Waals surface area contributed by atoms with Crippen LogP contribution in [0.3, 0.4) is 0 Å². The maximum absolute atomic E-state index is 12.6. The lowest BCUT2D eigenvalue weighted by molar-refractivity contribution is 0.0311. The number of carbonyl (C=O) groups excluding carboxylic acids is 2. The molecule has 0 aliphatic carbocycles. The largest absolute Gasteiger partial charge is 0.389 e. The van der Waals surface area contributed by atoms with Crippen molar-refractivity contribution in [1.29, 1.82) is 0 Å². The number of fused-ring (bicyclic) bond motifs is 1. The van der Waals surface area contributed by atoms with Crippen LogP contribution < -0.4 is 5.32 Å². The zero-order valence-corrected chi connectivity index (χ0v) is 15.2. The van der Waals surface area contributed by atoms with Crippen LogP contribution in [0.1, 0.15) is 27.3 Å². The highest BCUT2D eigenvalue weighted by molar-refractivity contribution is 5.97. The van der Waals surface area contributed by atoms with Gasteiger partial charge in [-0.25, -0.2) is 0 Å². The molecule has 1 fully saturated rings. The highest BCUT2D eigenvalue weighted by atomic mass is 16.3. The Kier molecular flexibility index (Phi) is 4.99. The predicted octanol–water partition coefficient (Wildman–Crippen LogP) is 1.64. The number of benzene rings is 1. The highest BCUT2D eigenvalue weighted by Gasteiger charge is 2.32. The number of aromatic nitrogens is 2. The minimum absolute atomic E-state index is 0.149. The first-order valence-corrected chi connectivity index (χ1v) is 9.16. The standard InChI is InChI=1S/C21H20N4O3/c26-19-13-25(21(28)18-7-3-4-9-22-18)10-8-17(19)24-20(27)15-11-14-5-1-2-6-16(14)23-12-15/h1-7,9,11-12,17,19,26H,8,10,13H2,(H,24,27)/t17-,19-/m1/s1. The van der Waals surface area contributed by atoms with E-state index in [1.807, 2.05) is 24.3 Å². The quantitative estimate of drug-likeness (QED) is 0.725. The summed E-state index contributed by atoms with van der Waals surface area (Å²) in [5.74, 6) is -0.505. The van der Waals surface area contributed by atoms with Gasteiger partial charge in [-0.15, -0.1) is 0 Å². The average molecular weight is 376 g/mol. The lowest BCUT2D eigenvalue weighted by atomic mass is 10.0. The molecule has 7 nitrogen and oxygen atoms in total. The molecule has 0 spiro atoms. The molecule has 2 aromatic heterocycles. The molecule has 0 saturated carbocycles. The molecule has 2 amide bonds. The smallest absolute Gasteiger partial charge is 0.272 e. The number of nitrogens with zero attached hydrogens (tertiary/aromatic N) is 3. The molecule has 2 atom stereocenters. The summed E-state index contributed by atoms with van der Waals surface area (Å²) in [5, 5.41) is 14.2. The summed E-state index contributed by atoms with van der Waals surface area (Å²) in [6, 6.07) is 14.1. The number of nitrogens with one attached hydrogen (secondary N) is 1. The fraction of sp³-hybridized carbons (Fsp3) is 0.238. The Morgan fingerprint density at radius 1 is 1.11 bits per heavy atom. The van der Waals surface area contributed by atoms with Gasteiger partial charge in [0.15, 0.2) is 0 Å². The number of carbonyl (C=O) groups is 2. The number of likely N-dealkylation sites (tertiary alicyclic amines) is 1. The second-order valence-corrected chi connectivity index (χ2v) is 6.82. The monoisotopic (exact) mass is 376 g/mol. The molecule has 1 aliphatic rings. The first-order valence-electron chi connectivity index (χ1n) is 9.16. The van der Waals surface area contributed by atoms with E-state index in [0.29, 0.717) is 24.2 Å². The molecule has 3 aromatic rings. The number of hydrogen-bond donors (Lipinski definition) is 2. The Balaban J connectivity index is 1.40. The van der Waals surface area contributed by atoms with Crippen molar-refractivity contribution in [1.82, 2.24) is 20.2 Å². The van der Waals surface area contributed by atoms with Crippen molar-refractivity contribution in [2.75, 3.05) is 13.1 Å². The molecule has 142 valence electrons. The molecule has 1 saturated heterocycles. The van der Waals surface area contributed by atoms with E-state index in [-0.39, 0.29) is 18.4 Å². The number of β-amino-alcohol motifs (C(OH)–C–C–N with tert-alkyl or cyclic N) is 1. The van der Waals surface area contributed by atoms with E-state index in [9.17, 15) is 14.7 Å². The van der Waals surface area contributed by atoms with Crippen LogP contribution in [0, 0.1) is 0 Å². The Hall–Kier alpha value is -3.32. The van der Waals surface area contributed by atoms with Crippen LogP contribution in [-0.2, 0) is 0 Å². The molecule has 0 unspecified atom stereocenters. The van der Waals surface area contributed by atoms with E-state index >= 15 is 0 Å².